The van der Waals surface area contributed by atoms with Gasteiger partial charge in [-0.25, -0.2) is 0 Å². The molecule has 1 N–H and O–H groups in total. The van der Waals surface area contributed by atoms with Crippen LogP contribution in [0.2, 0.25) is 0 Å². The summed E-state index contributed by atoms with van der Waals surface area (Å²) in [5.74, 6) is 1.63. The fourth-order valence-electron chi connectivity index (χ4n) is 5.60. The van der Waals surface area contributed by atoms with Crippen LogP contribution in [0.5, 0.6) is 0 Å². The molecule has 3 atom stereocenters. The Balaban J connectivity index is 1.43. The minimum Gasteiger partial charge on any atom is -0.378 e. The number of carbonyl (C=O) groups is 1. The molecular weight excluding hydrogens is 380 g/mol. The summed E-state index contributed by atoms with van der Waals surface area (Å²) in [4.78, 5) is 15.3. The number of nitrogens with zero attached hydrogens (tertiary/aromatic N) is 1. The van der Waals surface area contributed by atoms with Gasteiger partial charge in [-0.15, -0.1) is 0 Å². The van der Waals surface area contributed by atoms with Gasteiger partial charge in [-0.1, -0.05) is 63.1 Å². The van der Waals surface area contributed by atoms with E-state index in [1.165, 1.54) is 35.2 Å². The number of amides is 1. The standard InChI is InChI=1S/C28H34N2O/c1-19(2)20-10-12-21(13-11-20)27-24-9-7-8-23(24)25-18-22(14-15-26(25)29-27)28(31)30-16-5-3-4-6-17-30/h7-8,10-15,18-19,23-24,27,29H,3-6,9,16-17H2,1-2H3. The quantitative estimate of drug-likeness (QED) is 0.570. The highest BCUT2D eigenvalue weighted by Gasteiger charge is 2.38. The third-order valence-electron chi connectivity index (χ3n) is 7.47. The number of hydrogen-bond donors (Lipinski definition) is 1. The molecule has 3 heteroatoms. The van der Waals surface area contributed by atoms with Crippen molar-refractivity contribution in [2.75, 3.05) is 18.4 Å². The molecule has 1 saturated heterocycles. The van der Waals surface area contributed by atoms with Crippen molar-refractivity contribution in [1.82, 2.24) is 4.90 Å². The van der Waals surface area contributed by atoms with Crippen molar-refractivity contribution in [2.24, 2.45) is 5.92 Å². The van der Waals surface area contributed by atoms with E-state index >= 15 is 0 Å². The molecule has 1 aliphatic carbocycles. The lowest BCUT2D eigenvalue weighted by atomic mass is 9.76. The Labute approximate surface area is 186 Å². The lowest BCUT2D eigenvalue weighted by molar-refractivity contribution is 0.0761. The van der Waals surface area contributed by atoms with E-state index in [1.54, 1.807) is 0 Å². The first-order chi connectivity index (χ1) is 15.1. The molecular formula is C28H34N2O. The van der Waals surface area contributed by atoms with Gasteiger partial charge in [-0.3, -0.25) is 4.79 Å². The number of rotatable bonds is 3. The molecule has 0 bridgehead atoms. The number of benzene rings is 2. The third-order valence-corrected chi connectivity index (χ3v) is 7.47. The van der Waals surface area contributed by atoms with Crippen LogP contribution >= 0.6 is 0 Å². The minimum atomic E-state index is 0.203. The van der Waals surface area contributed by atoms with Crippen molar-refractivity contribution in [3.8, 4) is 0 Å². The Kier molecular flexibility index (Phi) is 5.60. The average Bonchev–Trinajstić information content (AvgIpc) is 3.13. The number of allylic oxidation sites excluding steroid dienone is 2. The number of nitrogens with one attached hydrogen (secondary N) is 1. The molecule has 2 aromatic rings. The molecule has 0 radical (unpaired) electrons. The van der Waals surface area contributed by atoms with Crippen LogP contribution in [0.4, 0.5) is 5.69 Å². The van der Waals surface area contributed by atoms with E-state index in [4.69, 9.17) is 0 Å². The number of anilines is 1. The Morgan fingerprint density at radius 3 is 2.45 bits per heavy atom. The molecule has 1 fully saturated rings. The van der Waals surface area contributed by atoms with Gasteiger partial charge < -0.3 is 10.2 Å². The van der Waals surface area contributed by atoms with E-state index < -0.39 is 0 Å². The van der Waals surface area contributed by atoms with E-state index in [9.17, 15) is 4.79 Å². The van der Waals surface area contributed by atoms with Crippen molar-refractivity contribution < 1.29 is 4.79 Å². The number of hydrogen-bond acceptors (Lipinski definition) is 2. The van der Waals surface area contributed by atoms with Crippen LogP contribution in [-0.4, -0.2) is 23.9 Å². The van der Waals surface area contributed by atoms with Gasteiger partial charge in [-0.05, 0) is 66.0 Å². The van der Waals surface area contributed by atoms with E-state index in [0.29, 0.717) is 23.8 Å². The zero-order valence-corrected chi connectivity index (χ0v) is 18.8. The Hall–Kier alpha value is -2.55. The molecule has 2 aromatic carbocycles. The molecule has 2 heterocycles. The first-order valence-corrected chi connectivity index (χ1v) is 12.1. The molecule has 162 valence electrons. The molecule has 0 spiro atoms. The normalized spacial score (nSPS) is 25.0. The molecule has 3 aliphatic rings. The SMILES string of the molecule is CC(C)c1ccc(C2Nc3ccc(C(=O)N4CCCCCC4)cc3C3C=CCC32)cc1. The highest BCUT2D eigenvalue weighted by atomic mass is 16.2. The largest absolute Gasteiger partial charge is 0.378 e. The van der Waals surface area contributed by atoms with Gasteiger partial charge in [0.1, 0.15) is 0 Å². The van der Waals surface area contributed by atoms with Crippen LogP contribution in [0.3, 0.4) is 0 Å². The Morgan fingerprint density at radius 1 is 1.00 bits per heavy atom. The Bertz CT molecular complexity index is 967. The summed E-state index contributed by atoms with van der Waals surface area (Å²) < 4.78 is 0. The Morgan fingerprint density at radius 2 is 1.74 bits per heavy atom. The zero-order valence-electron chi connectivity index (χ0n) is 18.8. The van der Waals surface area contributed by atoms with E-state index in [2.05, 4.69) is 72.6 Å². The summed E-state index contributed by atoms with van der Waals surface area (Å²) in [5, 5.41) is 3.82. The van der Waals surface area contributed by atoms with Crippen molar-refractivity contribution in [1.29, 1.82) is 0 Å². The van der Waals surface area contributed by atoms with E-state index in [-0.39, 0.29) is 5.91 Å². The monoisotopic (exact) mass is 414 g/mol. The average molecular weight is 415 g/mol. The second kappa shape index (κ2) is 8.53. The maximum absolute atomic E-state index is 13.2. The highest BCUT2D eigenvalue weighted by molar-refractivity contribution is 5.95. The summed E-state index contributed by atoms with van der Waals surface area (Å²) in [6.45, 7) is 6.28. The van der Waals surface area contributed by atoms with Crippen LogP contribution in [0.1, 0.15) is 90.9 Å². The molecule has 31 heavy (non-hydrogen) atoms. The van der Waals surface area contributed by atoms with Gasteiger partial charge in [0.05, 0.1) is 6.04 Å². The van der Waals surface area contributed by atoms with Crippen molar-refractivity contribution in [3.05, 3.63) is 76.9 Å². The summed E-state index contributed by atoms with van der Waals surface area (Å²) in [6.07, 6.45) is 10.5. The van der Waals surface area contributed by atoms with Gasteiger partial charge >= 0.3 is 0 Å². The predicted octanol–water partition coefficient (Wildman–Crippen LogP) is 6.65. The number of likely N-dealkylation sites (tertiary alicyclic amines) is 1. The van der Waals surface area contributed by atoms with Crippen LogP contribution in [-0.2, 0) is 0 Å². The van der Waals surface area contributed by atoms with Gasteiger partial charge in [0.25, 0.3) is 5.91 Å². The first kappa shape index (κ1) is 20.4. The number of carbonyl (C=O) groups excluding carboxylic acids is 1. The maximum Gasteiger partial charge on any atom is 0.253 e. The lowest BCUT2D eigenvalue weighted by Crippen LogP contribution is -2.33. The van der Waals surface area contributed by atoms with Crippen molar-refractivity contribution in [3.63, 3.8) is 0 Å². The maximum atomic E-state index is 13.2. The number of fused-ring (bicyclic) bond motifs is 3. The van der Waals surface area contributed by atoms with Gasteiger partial charge in [0, 0.05) is 30.3 Å². The van der Waals surface area contributed by atoms with Gasteiger partial charge in [0.15, 0.2) is 0 Å². The van der Waals surface area contributed by atoms with Crippen LogP contribution in [0.15, 0.2) is 54.6 Å². The van der Waals surface area contributed by atoms with Crippen LogP contribution in [0.25, 0.3) is 0 Å². The van der Waals surface area contributed by atoms with Crippen molar-refractivity contribution >= 4 is 11.6 Å². The molecule has 5 rings (SSSR count). The van der Waals surface area contributed by atoms with Crippen LogP contribution < -0.4 is 5.32 Å². The summed E-state index contributed by atoms with van der Waals surface area (Å²) in [5.41, 5.74) is 6.06. The lowest BCUT2D eigenvalue weighted by Gasteiger charge is -2.38. The fourth-order valence-corrected chi connectivity index (χ4v) is 5.60. The zero-order chi connectivity index (χ0) is 21.4. The van der Waals surface area contributed by atoms with Crippen molar-refractivity contribution in [2.45, 2.75) is 63.8 Å². The second-order valence-electron chi connectivity index (χ2n) is 9.81. The van der Waals surface area contributed by atoms with Crippen LogP contribution in [0, 0.1) is 5.92 Å². The smallest absolute Gasteiger partial charge is 0.253 e. The predicted molar refractivity (Wildman–Crippen MR) is 128 cm³/mol. The van der Waals surface area contributed by atoms with E-state index in [1.807, 2.05) is 6.07 Å². The second-order valence-corrected chi connectivity index (χ2v) is 9.81. The fraction of sp³-hybridized carbons (Fsp3) is 0.464. The van der Waals surface area contributed by atoms with Gasteiger partial charge in [0.2, 0.25) is 0 Å². The topological polar surface area (TPSA) is 32.3 Å². The minimum absolute atomic E-state index is 0.203. The molecule has 3 unspecified atom stereocenters. The highest BCUT2D eigenvalue weighted by Crippen LogP contribution is 2.50. The summed E-state index contributed by atoms with van der Waals surface area (Å²) in [7, 11) is 0. The summed E-state index contributed by atoms with van der Waals surface area (Å²) >= 11 is 0. The molecule has 3 nitrogen and oxygen atoms in total. The molecule has 0 aromatic heterocycles. The molecule has 1 amide bonds. The third kappa shape index (κ3) is 3.91. The van der Waals surface area contributed by atoms with E-state index in [0.717, 1.165) is 37.9 Å². The molecule has 2 aliphatic heterocycles. The van der Waals surface area contributed by atoms with Gasteiger partial charge in [-0.2, -0.15) is 0 Å². The molecule has 0 saturated carbocycles. The first-order valence-electron chi connectivity index (χ1n) is 12.1. The summed E-state index contributed by atoms with van der Waals surface area (Å²) in [6, 6.07) is 15.8.